The fourth-order valence-corrected chi connectivity index (χ4v) is 1.88. The third-order valence-corrected chi connectivity index (χ3v) is 2.55. The summed E-state index contributed by atoms with van der Waals surface area (Å²) in [5.74, 6) is -1.32. The average Bonchev–Trinajstić information content (AvgIpc) is 2.29. The van der Waals surface area contributed by atoms with Crippen molar-refractivity contribution < 1.29 is 33.3 Å². The maximum Gasteiger partial charge on any atom is 0.303 e. The predicted molar refractivity (Wildman–Crippen MR) is 66.4 cm³/mol. The van der Waals surface area contributed by atoms with E-state index in [0.29, 0.717) is 0 Å². The Balaban J connectivity index is 2.73. The third-order valence-electron chi connectivity index (χ3n) is 2.55. The number of carbonyl (C=O) groups is 3. The molecule has 3 atom stereocenters. The third kappa shape index (κ3) is 4.91. The van der Waals surface area contributed by atoms with Crippen molar-refractivity contribution in [1.29, 1.82) is 0 Å². The van der Waals surface area contributed by atoms with Gasteiger partial charge in [0, 0.05) is 27.2 Å². The molecule has 0 aromatic rings. The van der Waals surface area contributed by atoms with Gasteiger partial charge < -0.3 is 18.9 Å². The Labute approximate surface area is 116 Å². The Bertz CT molecular complexity index is 415. The van der Waals surface area contributed by atoms with Crippen LogP contribution in [0.4, 0.5) is 0 Å². The van der Waals surface area contributed by atoms with Gasteiger partial charge in [-0.3, -0.25) is 14.4 Å². The topological polar surface area (TPSA) is 88.1 Å². The molecule has 1 saturated heterocycles. The number of ether oxygens (including phenoxy) is 4. The van der Waals surface area contributed by atoms with Crippen molar-refractivity contribution in [3.05, 3.63) is 12.3 Å². The molecule has 1 rings (SSSR count). The summed E-state index contributed by atoms with van der Waals surface area (Å²) in [5, 5.41) is 0. The zero-order valence-electron chi connectivity index (χ0n) is 11.7. The molecule has 0 spiro atoms. The first-order chi connectivity index (χ1) is 9.29. The van der Waals surface area contributed by atoms with Gasteiger partial charge in [0.1, 0.15) is 24.6 Å². The molecule has 1 aliphatic rings. The Morgan fingerprint density at radius 2 is 1.75 bits per heavy atom. The molecule has 7 heteroatoms. The molecule has 20 heavy (non-hydrogen) atoms. The van der Waals surface area contributed by atoms with E-state index in [1.54, 1.807) is 0 Å². The molecule has 7 nitrogen and oxygen atoms in total. The highest BCUT2D eigenvalue weighted by Crippen LogP contribution is 2.27. The van der Waals surface area contributed by atoms with Gasteiger partial charge in [-0.1, -0.05) is 6.58 Å². The molecule has 0 saturated carbocycles. The zero-order chi connectivity index (χ0) is 15.3. The Kier molecular flexibility index (Phi) is 5.54. The van der Waals surface area contributed by atoms with Crippen LogP contribution in [0.25, 0.3) is 0 Å². The van der Waals surface area contributed by atoms with Gasteiger partial charge in [0.2, 0.25) is 0 Å². The van der Waals surface area contributed by atoms with Crippen molar-refractivity contribution in [2.45, 2.75) is 45.5 Å². The minimum absolute atomic E-state index is 0.0128. The Morgan fingerprint density at radius 3 is 2.25 bits per heavy atom. The number of rotatable bonds is 4. The summed E-state index contributed by atoms with van der Waals surface area (Å²) in [5.41, 5.74) is 0. The Morgan fingerprint density at radius 1 is 1.15 bits per heavy atom. The molecule has 1 aliphatic heterocycles. The van der Waals surface area contributed by atoms with Gasteiger partial charge in [-0.15, -0.1) is 0 Å². The summed E-state index contributed by atoms with van der Waals surface area (Å²) in [6, 6.07) is 0. The highest BCUT2D eigenvalue weighted by molar-refractivity contribution is 5.67. The van der Waals surface area contributed by atoms with Crippen LogP contribution in [0.15, 0.2) is 12.3 Å². The highest BCUT2D eigenvalue weighted by Gasteiger charge is 2.39. The van der Waals surface area contributed by atoms with E-state index in [9.17, 15) is 14.4 Å². The van der Waals surface area contributed by atoms with Gasteiger partial charge in [0.05, 0.1) is 0 Å². The smallest absolute Gasteiger partial charge is 0.303 e. The number of esters is 3. The zero-order valence-corrected chi connectivity index (χ0v) is 11.7. The predicted octanol–water partition coefficient (Wildman–Crippen LogP) is 0.716. The van der Waals surface area contributed by atoms with E-state index in [2.05, 4.69) is 6.58 Å². The van der Waals surface area contributed by atoms with Gasteiger partial charge >= 0.3 is 17.9 Å². The lowest BCUT2D eigenvalue weighted by Crippen LogP contribution is -2.45. The highest BCUT2D eigenvalue weighted by atomic mass is 16.6. The molecular formula is C13H18O7. The van der Waals surface area contributed by atoms with Crippen LogP contribution in [0.1, 0.15) is 27.2 Å². The molecule has 0 aromatic heterocycles. The van der Waals surface area contributed by atoms with E-state index in [1.807, 2.05) is 0 Å². The summed E-state index contributed by atoms with van der Waals surface area (Å²) < 4.78 is 20.4. The van der Waals surface area contributed by atoms with E-state index >= 15 is 0 Å². The normalized spacial score (nSPS) is 25.4. The molecule has 1 heterocycles. The molecule has 0 aliphatic carbocycles. The Hall–Kier alpha value is -2.05. The van der Waals surface area contributed by atoms with Gasteiger partial charge in [-0.2, -0.15) is 0 Å². The largest absolute Gasteiger partial charge is 0.488 e. The molecule has 0 unspecified atom stereocenters. The van der Waals surface area contributed by atoms with Gasteiger partial charge in [0.15, 0.2) is 6.10 Å². The van der Waals surface area contributed by atoms with E-state index in [1.165, 1.54) is 20.8 Å². The van der Waals surface area contributed by atoms with Gasteiger partial charge in [0.25, 0.3) is 0 Å². The number of hydrogen-bond donors (Lipinski definition) is 0. The molecule has 0 N–H and O–H groups in total. The van der Waals surface area contributed by atoms with Crippen molar-refractivity contribution >= 4 is 17.9 Å². The van der Waals surface area contributed by atoms with Crippen LogP contribution < -0.4 is 0 Å². The standard InChI is InChI=1S/C13H18O7/c1-7-13(20-10(4)16)12(19-9(3)15)5-11(18-7)6-17-8(2)14/h11-13H,1,5-6H2,2-4H3/t11-,12-,13-/m1/s1. The summed E-state index contributed by atoms with van der Waals surface area (Å²) in [7, 11) is 0. The fraction of sp³-hybridized carbons (Fsp3) is 0.615. The van der Waals surface area contributed by atoms with Gasteiger partial charge in [-0.05, 0) is 0 Å². The van der Waals surface area contributed by atoms with Crippen LogP contribution in [-0.2, 0) is 33.3 Å². The van der Waals surface area contributed by atoms with Crippen LogP contribution in [0.2, 0.25) is 0 Å². The summed E-state index contributed by atoms with van der Waals surface area (Å²) >= 11 is 0. The first-order valence-electron chi connectivity index (χ1n) is 6.12. The molecular weight excluding hydrogens is 268 g/mol. The van der Waals surface area contributed by atoms with E-state index in [0.717, 1.165) is 0 Å². The quantitative estimate of drug-likeness (QED) is 0.555. The minimum atomic E-state index is -0.857. The molecule has 0 aromatic carbocycles. The van der Waals surface area contributed by atoms with Crippen LogP contribution in [0, 0.1) is 0 Å². The number of carbonyl (C=O) groups excluding carboxylic acids is 3. The second kappa shape index (κ2) is 6.93. The van der Waals surface area contributed by atoms with Crippen LogP contribution in [-0.4, -0.2) is 42.8 Å². The molecule has 1 fully saturated rings. The van der Waals surface area contributed by atoms with Crippen LogP contribution in [0.5, 0.6) is 0 Å². The van der Waals surface area contributed by atoms with E-state index in [4.69, 9.17) is 18.9 Å². The first-order valence-corrected chi connectivity index (χ1v) is 6.12. The van der Waals surface area contributed by atoms with Crippen molar-refractivity contribution in [2.24, 2.45) is 0 Å². The van der Waals surface area contributed by atoms with Gasteiger partial charge in [-0.25, -0.2) is 0 Å². The lowest BCUT2D eigenvalue weighted by Gasteiger charge is -2.36. The summed E-state index contributed by atoms with van der Waals surface area (Å²) in [4.78, 5) is 32.9. The van der Waals surface area contributed by atoms with E-state index in [-0.39, 0.29) is 18.8 Å². The minimum Gasteiger partial charge on any atom is -0.488 e. The molecule has 0 radical (unpaired) electrons. The SMILES string of the molecule is C=C1O[C@@H](COC(C)=O)C[C@@H](OC(C)=O)[C@@H]1OC(C)=O. The van der Waals surface area contributed by atoms with Crippen molar-refractivity contribution in [3.8, 4) is 0 Å². The monoisotopic (exact) mass is 286 g/mol. The van der Waals surface area contributed by atoms with Crippen molar-refractivity contribution in [3.63, 3.8) is 0 Å². The van der Waals surface area contributed by atoms with Crippen LogP contribution in [0.3, 0.4) is 0 Å². The number of hydrogen-bond acceptors (Lipinski definition) is 7. The second-order valence-corrected chi connectivity index (χ2v) is 4.42. The maximum absolute atomic E-state index is 11.1. The molecule has 112 valence electrons. The first kappa shape index (κ1) is 16.0. The van der Waals surface area contributed by atoms with Crippen molar-refractivity contribution in [2.75, 3.05) is 6.61 Å². The lowest BCUT2D eigenvalue weighted by atomic mass is 10.0. The second-order valence-electron chi connectivity index (χ2n) is 4.42. The molecule has 0 bridgehead atoms. The average molecular weight is 286 g/mol. The van der Waals surface area contributed by atoms with Crippen molar-refractivity contribution in [1.82, 2.24) is 0 Å². The summed E-state index contributed by atoms with van der Waals surface area (Å²) in [6.45, 7) is 7.44. The maximum atomic E-state index is 11.1. The summed E-state index contributed by atoms with van der Waals surface area (Å²) in [6.07, 6.45) is -1.82. The fourth-order valence-electron chi connectivity index (χ4n) is 1.88. The molecule has 0 amide bonds. The lowest BCUT2D eigenvalue weighted by molar-refractivity contribution is -0.179. The van der Waals surface area contributed by atoms with E-state index < -0.39 is 36.2 Å². The van der Waals surface area contributed by atoms with Crippen LogP contribution >= 0.6 is 0 Å².